The van der Waals surface area contributed by atoms with E-state index in [1.54, 1.807) is 24.3 Å². The Morgan fingerprint density at radius 3 is 2.12 bits per heavy atom. The lowest BCUT2D eigenvalue weighted by atomic mass is 9.84. The summed E-state index contributed by atoms with van der Waals surface area (Å²) in [7, 11) is 0. The van der Waals surface area contributed by atoms with Crippen LogP contribution in [-0.2, 0) is 9.53 Å². The van der Waals surface area contributed by atoms with Crippen LogP contribution in [-0.4, -0.2) is 5.97 Å². The molecule has 0 aliphatic rings. The molecule has 3 aromatic rings. The van der Waals surface area contributed by atoms with Crippen molar-refractivity contribution in [1.82, 2.24) is 0 Å². The van der Waals surface area contributed by atoms with Crippen LogP contribution in [0.1, 0.15) is 38.0 Å². The molecule has 0 spiro atoms. The average molecular weight is 438 g/mol. The molecule has 3 rings (SSSR count). The monoisotopic (exact) mass is 437 g/mol. The highest BCUT2D eigenvalue weighted by Gasteiger charge is 2.31. The molecule has 0 radical (unpaired) electrons. The van der Waals surface area contributed by atoms with E-state index in [1.165, 1.54) is 0 Å². The summed E-state index contributed by atoms with van der Waals surface area (Å²) in [4.78, 5) is 13.1. The first-order valence-corrected chi connectivity index (χ1v) is 11.0. The molecule has 0 aromatic heterocycles. The molecule has 0 fully saturated rings. The van der Waals surface area contributed by atoms with Crippen LogP contribution in [0.3, 0.4) is 0 Å². The maximum Gasteiger partial charge on any atom is 0.312 e. The maximum atomic E-state index is 13.1. The van der Waals surface area contributed by atoms with Crippen molar-refractivity contribution in [2.45, 2.75) is 26.9 Å². The summed E-state index contributed by atoms with van der Waals surface area (Å²) < 4.78 is 11.5. The highest BCUT2D eigenvalue weighted by atomic mass is 16.5. The van der Waals surface area contributed by atoms with Gasteiger partial charge in [0, 0.05) is 17.0 Å². The lowest BCUT2D eigenvalue weighted by Gasteiger charge is -2.24. The van der Waals surface area contributed by atoms with Gasteiger partial charge in [0.1, 0.15) is 17.6 Å². The zero-order valence-electron chi connectivity index (χ0n) is 19.1. The fourth-order valence-electron chi connectivity index (χ4n) is 3.59. The van der Waals surface area contributed by atoms with Gasteiger partial charge in [0.15, 0.2) is 0 Å². The van der Waals surface area contributed by atoms with Crippen molar-refractivity contribution in [2.75, 3.05) is 0 Å². The van der Waals surface area contributed by atoms with E-state index in [4.69, 9.17) is 9.47 Å². The molecule has 0 heterocycles. The number of esters is 1. The summed E-state index contributed by atoms with van der Waals surface area (Å²) >= 11 is 0. The van der Waals surface area contributed by atoms with Gasteiger partial charge in [-0.2, -0.15) is 5.26 Å². The number of carbonyl (C=O) groups is 1. The van der Waals surface area contributed by atoms with Gasteiger partial charge in [-0.1, -0.05) is 81.1 Å². The third-order valence-electron chi connectivity index (χ3n) is 5.24. The summed E-state index contributed by atoms with van der Waals surface area (Å²) in [6.07, 6.45) is -1.03. The molecule has 3 aromatic carbocycles. The highest BCUT2D eigenvalue weighted by Crippen LogP contribution is 2.29. The number of carbonyl (C=O) groups excluding carboxylic acids is 1. The number of hydrogen-bond acceptors (Lipinski definition) is 4. The molecule has 0 bridgehead atoms. The number of ether oxygens (including phenoxy) is 2. The van der Waals surface area contributed by atoms with Gasteiger partial charge in [-0.25, -0.2) is 0 Å². The lowest BCUT2D eigenvalue weighted by molar-refractivity contribution is -0.154. The summed E-state index contributed by atoms with van der Waals surface area (Å²) in [5, 5.41) is 9.72. The van der Waals surface area contributed by atoms with Crippen LogP contribution in [0.5, 0.6) is 11.5 Å². The topological polar surface area (TPSA) is 59.3 Å². The summed E-state index contributed by atoms with van der Waals surface area (Å²) in [5.41, 5.74) is 1.45. The van der Waals surface area contributed by atoms with Crippen molar-refractivity contribution in [3.8, 4) is 29.4 Å². The SMILES string of the molecule is CC(C)C(C(=O)OC(C#N)c1cccc(Oc2ccccc2)c1)C(C)C#Cc1ccccc1. The number of rotatable bonds is 7. The minimum atomic E-state index is -1.03. The van der Waals surface area contributed by atoms with Crippen LogP contribution >= 0.6 is 0 Å². The van der Waals surface area contributed by atoms with E-state index in [0.717, 1.165) is 5.56 Å². The van der Waals surface area contributed by atoms with Crippen molar-refractivity contribution < 1.29 is 14.3 Å². The lowest BCUT2D eigenvalue weighted by Crippen LogP contribution is -2.29. The Kier molecular flexibility index (Phi) is 8.28. The minimum absolute atomic E-state index is 0.00432. The first-order chi connectivity index (χ1) is 16.0. The van der Waals surface area contributed by atoms with Crippen molar-refractivity contribution in [2.24, 2.45) is 17.8 Å². The van der Waals surface area contributed by atoms with Gasteiger partial charge >= 0.3 is 5.97 Å². The number of hydrogen-bond donors (Lipinski definition) is 0. The van der Waals surface area contributed by atoms with E-state index in [9.17, 15) is 10.1 Å². The Balaban J connectivity index is 1.74. The molecule has 4 heteroatoms. The number of nitrogens with zero attached hydrogens (tertiary/aromatic N) is 1. The fraction of sp³-hybridized carbons (Fsp3) is 0.241. The van der Waals surface area contributed by atoms with Crippen LogP contribution in [0.2, 0.25) is 0 Å². The largest absolute Gasteiger partial charge is 0.457 e. The molecule has 0 N–H and O–H groups in total. The predicted molar refractivity (Wildman–Crippen MR) is 128 cm³/mol. The molecule has 33 heavy (non-hydrogen) atoms. The van der Waals surface area contributed by atoms with Crippen LogP contribution in [0.25, 0.3) is 0 Å². The van der Waals surface area contributed by atoms with E-state index in [2.05, 4.69) is 17.9 Å². The fourth-order valence-corrected chi connectivity index (χ4v) is 3.59. The standard InChI is InChI=1S/C29H27NO3/c1-21(2)28(22(3)17-18-23-11-6-4-7-12-23)29(31)33-27(20-30)24-13-10-16-26(19-24)32-25-14-8-5-9-15-25/h4-16,19,21-22,27-28H,1-3H3. The van der Waals surface area contributed by atoms with Gasteiger partial charge < -0.3 is 9.47 Å². The van der Waals surface area contributed by atoms with Crippen molar-refractivity contribution in [3.05, 3.63) is 96.1 Å². The second kappa shape index (κ2) is 11.6. The van der Waals surface area contributed by atoms with E-state index < -0.39 is 18.0 Å². The molecule has 3 unspecified atom stereocenters. The molecule has 166 valence electrons. The predicted octanol–water partition coefficient (Wildman–Crippen LogP) is 6.55. The Hall–Kier alpha value is -4.02. The van der Waals surface area contributed by atoms with Gasteiger partial charge in [0.25, 0.3) is 0 Å². The highest BCUT2D eigenvalue weighted by molar-refractivity contribution is 5.74. The molecule has 0 amide bonds. The Labute approximate surface area is 195 Å². The molecule has 4 nitrogen and oxygen atoms in total. The smallest absolute Gasteiger partial charge is 0.312 e. The first kappa shape index (κ1) is 23.6. The van der Waals surface area contributed by atoms with Crippen molar-refractivity contribution in [1.29, 1.82) is 5.26 Å². The number of para-hydroxylation sites is 1. The van der Waals surface area contributed by atoms with Gasteiger partial charge in [0.05, 0.1) is 5.92 Å². The third-order valence-corrected chi connectivity index (χ3v) is 5.24. The van der Waals surface area contributed by atoms with Crippen LogP contribution in [0.15, 0.2) is 84.9 Å². The van der Waals surface area contributed by atoms with E-state index in [1.807, 2.05) is 81.4 Å². The minimum Gasteiger partial charge on any atom is -0.457 e. The zero-order valence-corrected chi connectivity index (χ0v) is 19.1. The Morgan fingerprint density at radius 2 is 1.48 bits per heavy atom. The summed E-state index contributed by atoms with van der Waals surface area (Å²) in [6, 6.07) is 28.2. The summed E-state index contributed by atoms with van der Waals surface area (Å²) in [5.74, 6) is 6.44. The Morgan fingerprint density at radius 1 is 0.848 bits per heavy atom. The van der Waals surface area contributed by atoms with Crippen LogP contribution < -0.4 is 4.74 Å². The average Bonchev–Trinajstić information content (AvgIpc) is 2.82. The summed E-state index contributed by atoms with van der Waals surface area (Å²) in [6.45, 7) is 5.84. The normalized spacial score (nSPS) is 13.1. The quantitative estimate of drug-likeness (QED) is 0.311. The van der Waals surface area contributed by atoms with E-state index >= 15 is 0 Å². The van der Waals surface area contributed by atoms with E-state index in [-0.39, 0.29) is 11.8 Å². The first-order valence-electron chi connectivity index (χ1n) is 11.0. The van der Waals surface area contributed by atoms with Gasteiger partial charge in [-0.3, -0.25) is 4.79 Å². The number of benzene rings is 3. The molecule has 3 atom stereocenters. The third kappa shape index (κ3) is 6.73. The van der Waals surface area contributed by atoms with E-state index in [0.29, 0.717) is 17.1 Å². The molecule has 0 aliphatic heterocycles. The van der Waals surface area contributed by atoms with Gasteiger partial charge in [-0.05, 0) is 42.3 Å². The Bertz CT molecular complexity index is 1150. The van der Waals surface area contributed by atoms with Gasteiger partial charge in [0.2, 0.25) is 6.10 Å². The van der Waals surface area contributed by atoms with Crippen molar-refractivity contribution in [3.63, 3.8) is 0 Å². The maximum absolute atomic E-state index is 13.1. The van der Waals surface area contributed by atoms with Crippen molar-refractivity contribution >= 4 is 5.97 Å². The second-order valence-electron chi connectivity index (χ2n) is 8.13. The molecule has 0 saturated carbocycles. The molecular weight excluding hydrogens is 410 g/mol. The molecule has 0 aliphatic carbocycles. The zero-order chi connectivity index (χ0) is 23.6. The molecule has 0 saturated heterocycles. The number of nitriles is 1. The van der Waals surface area contributed by atoms with Gasteiger partial charge in [-0.15, -0.1) is 0 Å². The van der Waals surface area contributed by atoms with Crippen LogP contribution in [0.4, 0.5) is 0 Å². The molecular formula is C29H27NO3. The second-order valence-corrected chi connectivity index (χ2v) is 8.13. The van der Waals surface area contributed by atoms with Crippen LogP contribution in [0, 0.1) is 40.9 Å².